The van der Waals surface area contributed by atoms with Crippen LogP contribution in [-0.2, 0) is 4.74 Å². The molecule has 0 saturated heterocycles. The number of hydrogen-bond donors (Lipinski definition) is 1. The van der Waals surface area contributed by atoms with Crippen LogP contribution in [0.15, 0.2) is 0 Å². The van der Waals surface area contributed by atoms with Gasteiger partial charge in [-0.05, 0) is 39.3 Å². The first kappa shape index (κ1) is 12.9. The van der Waals surface area contributed by atoms with Gasteiger partial charge in [-0.2, -0.15) is 0 Å². The van der Waals surface area contributed by atoms with Gasteiger partial charge in [-0.1, -0.05) is 6.92 Å². The number of ether oxygens (including phenoxy) is 1. The van der Waals surface area contributed by atoms with Gasteiger partial charge in [-0.3, -0.25) is 0 Å². The van der Waals surface area contributed by atoms with Crippen LogP contribution in [0.1, 0.15) is 26.2 Å². The van der Waals surface area contributed by atoms with Crippen molar-refractivity contribution in [3.63, 3.8) is 0 Å². The van der Waals surface area contributed by atoms with Gasteiger partial charge in [0.2, 0.25) is 0 Å². The third-order valence-corrected chi connectivity index (χ3v) is 2.97. The first-order valence-electron chi connectivity index (χ1n) is 6.20. The van der Waals surface area contributed by atoms with E-state index >= 15 is 0 Å². The van der Waals surface area contributed by atoms with Crippen molar-refractivity contribution in [1.29, 1.82) is 0 Å². The monoisotopic (exact) mass is 214 g/mol. The maximum absolute atomic E-state index is 5.54. The molecule has 1 rings (SSSR count). The molecule has 0 radical (unpaired) electrons. The van der Waals surface area contributed by atoms with Crippen LogP contribution in [0, 0.1) is 5.92 Å². The summed E-state index contributed by atoms with van der Waals surface area (Å²) in [6, 6.07) is 0.738. The molecular formula is C12H26N2O. The molecule has 1 atom stereocenters. The molecule has 0 amide bonds. The van der Waals surface area contributed by atoms with Crippen LogP contribution in [0.5, 0.6) is 0 Å². The molecule has 0 heterocycles. The largest absolute Gasteiger partial charge is 0.379 e. The standard InChI is InChI=1S/C12H26N2O/c1-4-12(11-5-6-11)13-7-9-15-10-8-14(2)3/h11-13H,4-10H2,1-3H3. The second-order valence-corrected chi connectivity index (χ2v) is 4.72. The van der Waals surface area contributed by atoms with E-state index in [9.17, 15) is 0 Å². The molecule has 3 nitrogen and oxygen atoms in total. The van der Waals surface area contributed by atoms with Crippen molar-refractivity contribution in [2.45, 2.75) is 32.2 Å². The highest BCUT2D eigenvalue weighted by Crippen LogP contribution is 2.33. The summed E-state index contributed by atoms with van der Waals surface area (Å²) in [5.41, 5.74) is 0. The highest BCUT2D eigenvalue weighted by molar-refractivity contribution is 4.85. The minimum Gasteiger partial charge on any atom is -0.379 e. The number of rotatable bonds is 9. The fourth-order valence-corrected chi connectivity index (χ4v) is 1.81. The van der Waals surface area contributed by atoms with Crippen molar-refractivity contribution < 1.29 is 4.74 Å². The second-order valence-electron chi connectivity index (χ2n) is 4.72. The Hall–Kier alpha value is -0.120. The highest BCUT2D eigenvalue weighted by Gasteiger charge is 2.29. The van der Waals surface area contributed by atoms with Gasteiger partial charge in [-0.15, -0.1) is 0 Å². The van der Waals surface area contributed by atoms with Crippen LogP contribution < -0.4 is 5.32 Å². The normalized spacial score (nSPS) is 18.4. The van der Waals surface area contributed by atoms with Crippen molar-refractivity contribution in [2.24, 2.45) is 5.92 Å². The number of likely N-dealkylation sites (N-methyl/N-ethyl adjacent to an activating group) is 1. The molecule has 1 saturated carbocycles. The Kier molecular flexibility index (Phi) is 6.22. The first-order chi connectivity index (χ1) is 7.24. The molecule has 0 aromatic rings. The predicted molar refractivity (Wildman–Crippen MR) is 64.2 cm³/mol. The van der Waals surface area contributed by atoms with Crippen molar-refractivity contribution in [1.82, 2.24) is 10.2 Å². The molecule has 0 aromatic heterocycles. The van der Waals surface area contributed by atoms with E-state index in [0.29, 0.717) is 0 Å². The Morgan fingerprint density at radius 2 is 2.07 bits per heavy atom. The summed E-state index contributed by atoms with van der Waals surface area (Å²) in [6.45, 7) is 5.97. The minimum atomic E-state index is 0.738. The van der Waals surface area contributed by atoms with Crippen LogP contribution in [0.4, 0.5) is 0 Å². The zero-order chi connectivity index (χ0) is 11.1. The van der Waals surface area contributed by atoms with Gasteiger partial charge in [0.05, 0.1) is 13.2 Å². The quantitative estimate of drug-likeness (QED) is 0.586. The summed E-state index contributed by atoms with van der Waals surface area (Å²) in [4.78, 5) is 2.15. The lowest BCUT2D eigenvalue weighted by atomic mass is 10.1. The van der Waals surface area contributed by atoms with Gasteiger partial charge in [0, 0.05) is 19.1 Å². The molecule has 1 aliphatic carbocycles. The van der Waals surface area contributed by atoms with Crippen molar-refractivity contribution in [2.75, 3.05) is 40.4 Å². The SMILES string of the molecule is CCC(NCCOCCN(C)C)C1CC1. The molecule has 0 aromatic carbocycles. The molecule has 15 heavy (non-hydrogen) atoms. The molecular weight excluding hydrogens is 188 g/mol. The molecule has 0 spiro atoms. The van der Waals surface area contributed by atoms with Crippen molar-refractivity contribution in [3.05, 3.63) is 0 Å². The van der Waals surface area contributed by atoms with E-state index in [1.807, 2.05) is 0 Å². The molecule has 3 heteroatoms. The fourth-order valence-electron chi connectivity index (χ4n) is 1.81. The van der Waals surface area contributed by atoms with Gasteiger partial charge in [0.15, 0.2) is 0 Å². The third-order valence-electron chi connectivity index (χ3n) is 2.97. The van der Waals surface area contributed by atoms with E-state index in [-0.39, 0.29) is 0 Å². The van der Waals surface area contributed by atoms with E-state index in [1.54, 1.807) is 0 Å². The Morgan fingerprint density at radius 3 is 2.60 bits per heavy atom. The summed E-state index contributed by atoms with van der Waals surface area (Å²) in [5.74, 6) is 0.955. The van der Waals surface area contributed by atoms with Gasteiger partial charge < -0.3 is 15.0 Å². The first-order valence-corrected chi connectivity index (χ1v) is 6.20. The van der Waals surface area contributed by atoms with Gasteiger partial charge in [0.25, 0.3) is 0 Å². The molecule has 1 fully saturated rings. The van der Waals surface area contributed by atoms with Crippen LogP contribution in [0.25, 0.3) is 0 Å². The lowest BCUT2D eigenvalue weighted by Crippen LogP contribution is -2.33. The third kappa shape index (κ3) is 6.13. The Labute approximate surface area is 94.2 Å². The van der Waals surface area contributed by atoms with E-state index in [1.165, 1.54) is 19.3 Å². The molecule has 1 unspecified atom stereocenters. The summed E-state index contributed by atoms with van der Waals surface area (Å²) < 4.78 is 5.54. The second kappa shape index (κ2) is 7.20. The zero-order valence-corrected chi connectivity index (χ0v) is 10.5. The van der Waals surface area contributed by atoms with Crippen LogP contribution in [0.3, 0.4) is 0 Å². The summed E-state index contributed by atoms with van der Waals surface area (Å²) in [5, 5.41) is 3.58. The summed E-state index contributed by atoms with van der Waals surface area (Å²) >= 11 is 0. The van der Waals surface area contributed by atoms with E-state index in [0.717, 1.165) is 38.3 Å². The zero-order valence-electron chi connectivity index (χ0n) is 10.5. The lowest BCUT2D eigenvalue weighted by Gasteiger charge is -2.16. The lowest BCUT2D eigenvalue weighted by molar-refractivity contribution is 0.117. The summed E-state index contributed by atoms with van der Waals surface area (Å²) in [6.07, 6.45) is 4.10. The molecule has 0 aliphatic heterocycles. The molecule has 1 N–H and O–H groups in total. The van der Waals surface area contributed by atoms with Crippen molar-refractivity contribution >= 4 is 0 Å². The molecule has 0 bridgehead atoms. The van der Waals surface area contributed by atoms with E-state index in [4.69, 9.17) is 4.74 Å². The van der Waals surface area contributed by atoms with Gasteiger partial charge in [0.1, 0.15) is 0 Å². The Morgan fingerprint density at radius 1 is 1.33 bits per heavy atom. The van der Waals surface area contributed by atoms with E-state index in [2.05, 4.69) is 31.2 Å². The predicted octanol–water partition coefficient (Wildman–Crippen LogP) is 1.34. The number of hydrogen-bond acceptors (Lipinski definition) is 3. The molecule has 90 valence electrons. The fraction of sp³-hybridized carbons (Fsp3) is 1.00. The maximum Gasteiger partial charge on any atom is 0.0593 e. The number of nitrogens with one attached hydrogen (secondary N) is 1. The van der Waals surface area contributed by atoms with Crippen LogP contribution in [-0.4, -0.2) is 51.3 Å². The van der Waals surface area contributed by atoms with Gasteiger partial charge in [-0.25, -0.2) is 0 Å². The van der Waals surface area contributed by atoms with Crippen LogP contribution in [0.2, 0.25) is 0 Å². The highest BCUT2D eigenvalue weighted by atomic mass is 16.5. The average Bonchev–Trinajstić information content (AvgIpc) is 3.00. The van der Waals surface area contributed by atoms with Crippen LogP contribution >= 0.6 is 0 Å². The maximum atomic E-state index is 5.54. The summed E-state index contributed by atoms with van der Waals surface area (Å²) in [7, 11) is 4.14. The topological polar surface area (TPSA) is 24.5 Å². The molecule has 1 aliphatic rings. The smallest absolute Gasteiger partial charge is 0.0593 e. The van der Waals surface area contributed by atoms with Gasteiger partial charge >= 0.3 is 0 Å². The average molecular weight is 214 g/mol. The Bertz CT molecular complexity index is 158. The van der Waals surface area contributed by atoms with E-state index < -0.39 is 0 Å². The number of nitrogens with zero attached hydrogens (tertiary/aromatic N) is 1. The van der Waals surface area contributed by atoms with Crippen molar-refractivity contribution in [3.8, 4) is 0 Å². The minimum absolute atomic E-state index is 0.738. The Balaban J connectivity index is 1.87.